The number of nitrogens with zero attached hydrogens (tertiary/aromatic N) is 2. The Labute approximate surface area is 311 Å². The highest BCUT2D eigenvalue weighted by molar-refractivity contribution is 6.12. The van der Waals surface area contributed by atoms with Gasteiger partial charge in [0.05, 0.1) is 5.70 Å². The first kappa shape index (κ1) is 33.5. The van der Waals surface area contributed by atoms with Crippen molar-refractivity contribution in [3.05, 3.63) is 221 Å². The van der Waals surface area contributed by atoms with Crippen molar-refractivity contribution in [3.63, 3.8) is 0 Å². The number of rotatable bonds is 7. The molecule has 2 nitrogen and oxygen atoms in total. The lowest BCUT2D eigenvalue weighted by Crippen LogP contribution is -2.22. The molecule has 0 saturated carbocycles. The summed E-state index contributed by atoms with van der Waals surface area (Å²) in [6.45, 7) is 6.18. The highest BCUT2D eigenvalue weighted by Crippen LogP contribution is 2.32. The van der Waals surface area contributed by atoms with Crippen molar-refractivity contribution in [2.75, 3.05) is 0 Å². The molecule has 8 rings (SSSR count). The fourth-order valence-corrected chi connectivity index (χ4v) is 7.12. The van der Waals surface area contributed by atoms with Crippen LogP contribution in [0.25, 0.3) is 45.2 Å². The summed E-state index contributed by atoms with van der Waals surface area (Å²) < 4.78 is 0. The molecule has 6 aromatic rings. The lowest BCUT2D eigenvalue weighted by atomic mass is 9.91. The molecule has 53 heavy (non-hydrogen) atoms. The van der Waals surface area contributed by atoms with Gasteiger partial charge in [-0.05, 0) is 110 Å². The molecule has 0 fully saturated rings. The van der Waals surface area contributed by atoms with E-state index < -0.39 is 0 Å². The summed E-state index contributed by atoms with van der Waals surface area (Å²) >= 11 is 0. The van der Waals surface area contributed by atoms with Crippen LogP contribution in [0.2, 0.25) is 0 Å². The summed E-state index contributed by atoms with van der Waals surface area (Å²) in [7, 11) is 0. The minimum absolute atomic E-state index is 0.0234. The van der Waals surface area contributed by atoms with Crippen LogP contribution in [0.3, 0.4) is 0 Å². The van der Waals surface area contributed by atoms with Crippen LogP contribution in [0.1, 0.15) is 42.0 Å². The van der Waals surface area contributed by atoms with Crippen LogP contribution in [-0.2, 0) is 0 Å². The van der Waals surface area contributed by atoms with Gasteiger partial charge in [0.15, 0.2) is 5.84 Å². The normalized spacial score (nSPS) is 15.6. The summed E-state index contributed by atoms with van der Waals surface area (Å²) in [6.07, 6.45) is 15.3. The molecule has 0 spiro atoms. The smallest absolute Gasteiger partial charge is 0.160 e. The molecule has 2 aliphatic carbocycles. The van der Waals surface area contributed by atoms with Crippen LogP contribution in [0.5, 0.6) is 0 Å². The molecule has 1 atom stereocenters. The number of allylic oxidation sites excluding steroid dienone is 6. The molecule has 0 aromatic heterocycles. The van der Waals surface area contributed by atoms with Gasteiger partial charge in [0.2, 0.25) is 0 Å². The van der Waals surface area contributed by atoms with Gasteiger partial charge in [-0.2, -0.15) is 0 Å². The topological polar surface area (TPSA) is 24.7 Å². The van der Waals surface area contributed by atoms with Crippen molar-refractivity contribution < 1.29 is 0 Å². The first-order chi connectivity index (χ1) is 26.1. The van der Waals surface area contributed by atoms with E-state index in [1.165, 1.54) is 37.9 Å². The first-order valence-corrected chi connectivity index (χ1v) is 18.3. The summed E-state index contributed by atoms with van der Waals surface area (Å²) in [4.78, 5) is 10.6. The Kier molecular flexibility index (Phi) is 9.70. The minimum Gasteiger partial charge on any atom is -0.233 e. The second-order valence-corrected chi connectivity index (χ2v) is 13.5. The van der Waals surface area contributed by atoms with E-state index in [1.807, 2.05) is 24.3 Å². The molecule has 2 heteroatoms. The second kappa shape index (κ2) is 15.3. The Bertz CT molecular complexity index is 2660. The lowest BCUT2D eigenvalue weighted by Gasteiger charge is -2.17. The van der Waals surface area contributed by atoms with Crippen LogP contribution in [0.4, 0.5) is 0 Å². The number of hydrogen-bond acceptors (Lipinski definition) is 1. The molecule has 254 valence electrons. The molecule has 0 radical (unpaired) electrons. The predicted octanol–water partition coefficient (Wildman–Crippen LogP) is 11.1. The molecule has 0 heterocycles. The van der Waals surface area contributed by atoms with Crippen molar-refractivity contribution >= 4 is 45.6 Å². The first-order valence-electron chi connectivity index (χ1n) is 18.3. The zero-order valence-electron chi connectivity index (χ0n) is 29.9. The molecule has 0 N–H and O–H groups in total. The maximum absolute atomic E-state index is 5.33. The number of amidine groups is 1. The van der Waals surface area contributed by atoms with Gasteiger partial charge < -0.3 is 0 Å². The van der Waals surface area contributed by atoms with E-state index in [0.717, 1.165) is 52.1 Å². The van der Waals surface area contributed by atoms with E-state index in [-0.39, 0.29) is 5.92 Å². The summed E-state index contributed by atoms with van der Waals surface area (Å²) in [5.74, 6) is 0.657. The van der Waals surface area contributed by atoms with E-state index in [2.05, 4.69) is 177 Å². The Morgan fingerprint density at radius 3 is 2.08 bits per heavy atom. The number of fused-ring (bicyclic) bond motifs is 2. The van der Waals surface area contributed by atoms with Crippen LogP contribution in [-0.4, -0.2) is 11.5 Å². The molecule has 0 bridgehead atoms. The quantitative estimate of drug-likeness (QED) is 0.0911. The standard InChI is InChI=1S/C51H40N2/c1-3-50(42-28-25-41(26-29-42)38-17-8-5-9-18-38)53-51(52-36(2)37-15-6-4-7-16-37)49-34-47(45-24-14-23-39-19-10-12-21-43(39)31-45)33-48(35-49)46-30-27-40-20-11-13-22-44(40)32-46/h4-13,15-28,30-35,42H,1,14,29H2,2H3. The van der Waals surface area contributed by atoms with E-state index >= 15 is 0 Å². The molecule has 0 aliphatic heterocycles. The van der Waals surface area contributed by atoms with Crippen molar-refractivity contribution in [2.45, 2.75) is 19.8 Å². The van der Waals surface area contributed by atoms with E-state index in [4.69, 9.17) is 9.98 Å². The van der Waals surface area contributed by atoms with Crippen molar-refractivity contribution in [1.29, 1.82) is 0 Å². The van der Waals surface area contributed by atoms with Crippen LogP contribution in [0.15, 0.2) is 198 Å². The lowest BCUT2D eigenvalue weighted by molar-refractivity contribution is 0.760. The second-order valence-electron chi connectivity index (χ2n) is 13.5. The van der Waals surface area contributed by atoms with Crippen LogP contribution >= 0.6 is 0 Å². The van der Waals surface area contributed by atoms with Gasteiger partial charge in [0.25, 0.3) is 0 Å². The summed E-state index contributed by atoms with van der Waals surface area (Å²) in [5, 5.41) is 4.89. The predicted molar refractivity (Wildman–Crippen MR) is 226 cm³/mol. The molecule has 1 unspecified atom stereocenters. The van der Waals surface area contributed by atoms with Gasteiger partial charge in [0, 0.05) is 17.2 Å². The monoisotopic (exact) mass is 680 g/mol. The fourth-order valence-electron chi connectivity index (χ4n) is 7.12. The van der Waals surface area contributed by atoms with Crippen LogP contribution in [0, 0.1) is 5.92 Å². The average Bonchev–Trinajstić information content (AvgIpc) is 3.45. The molecule has 0 saturated heterocycles. The highest BCUT2D eigenvalue weighted by atomic mass is 14.9. The Morgan fingerprint density at radius 2 is 1.30 bits per heavy atom. The van der Waals surface area contributed by atoms with E-state index in [1.54, 1.807) is 0 Å². The van der Waals surface area contributed by atoms with Crippen molar-refractivity contribution in [2.24, 2.45) is 15.9 Å². The summed E-state index contributed by atoms with van der Waals surface area (Å²) in [5.41, 5.74) is 13.8. The van der Waals surface area contributed by atoms with Gasteiger partial charge in [-0.3, -0.25) is 0 Å². The van der Waals surface area contributed by atoms with E-state index in [9.17, 15) is 0 Å². The maximum Gasteiger partial charge on any atom is 0.160 e. The number of hydrogen-bond donors (Lipinski definition) is 0. The third-order valence-corrected chi connectivity index (χ3v) is 10.0. The maximum atomic E-state index is 5.33. The Morgan fingerprint density at radius 1 is 0.585 bits per heavy atom. The minimum atomic E-state index is 0.0234. The largest absolute Gasteiger partial charge is 0.233 e. The van der Waals surface area contributed by atoms with E-state index in [0.29, 0.717) is 5.84 Å². The zero-order chi connectivity index (χ0) is 36.0. The Hall–Kier alpha value is -6.60. The molecule has 6 aromatic carbocycles. The molecular weight excluding hydrogens is 641 g/mol. The zero-order valence-corrected chi connectivity index (χ0v) is 29.9. The average molecular weight is 681 g/mol. The highest BCUT2D eigenvalue weighted by Gasteiger charge is 2.18. The van der Waals surface area contributed by atoms with Crippen LogP contribution < -0.4 is 10.4 Å². The van der Waals surface area contributed by atoms with Crippen molar-refractivity contribution in [1.82, 2.24) is 0 Å². The van der Waals surface area contributed by atoms with Gasteiger partial charge >= 0.3 is 0 Å². The van der Waals surface area contributed by atoms with Gasteiger partial charge in [-0.25, -0.2) is 9.98 Å². The summed E-state index contributed by atoms with van der Waals surface area (Å²) in [6, 6.07) is 51.4. The van der Waals surface area contributed by atoms with Crippen molar-refractivity contribution in [3.8, 4) is 11.1 Å². The SMILES string of the molecule is C=C=C(N=C(N=C(C)c1ccccc1)c1cc(C2=CCC=c3ccccc3=C2)cc(-c2ccc3ccccc3c2)c1)C1C=CC(c2ccccc2)=CC1. The van der Waals surface area contributed by atoms with Gasteiger partial charge in [-0.1, -0.05) is 158 Å². The fraction of sp³-hybridized carbons (Fsp3) is 0.0784. The third kappa shape index (κ3) is 7.55. The third-order valence-electron chi connectivity index (χ3n) is 10.0. The Balaban J connectivity index is 1.28. The molecule has 2 aliphatic rings. The molecular formula is C51H40N2. The van der Waals surface area contributed by atoms with Gasteiger partial charge in [-0.15, -0.1) is 5.73 Å². The molecule has 0 amide bonds. The number of aliphatic imine (C=N–C) groups is 2. The number of benzene rings is 6. The van der Waals surface area contributed by atoms with Gasteiger partial charge in [0.1, 0.15) is 0 Å².